The van der Waals surface area contributed by atoms with Gasteiger partial charge in [-0.2, -0.15) is 0 Å². The standard InChI is InChI=1S/C67H122O6/c1-4-7-10-13-16-19-22-24-26-28-30-31-32-33-34-35-37-38-40-42-45-48-51-54-57-60-66(69)72-63-64(62-71-65(68)59-56-53-50-47-44-21-18-15-12-9-6-3)73-67(70)61-58-55-52-49-46-43-41-39-36-29-27-25-23-20-17-14-11-8-5-2/h15,17-18,20,25,27,36,39,64H,4-14,16,19,21-24,26,28-35,37-38,40-63H2,1-3H3/b18-15-,20-17-,27-25-,39-36-. The number of carbonyl (C=O) groups is 3. The highest BCUT2D eigenvalue weighted by Crippen LogP contribution is 2.17. The lowest BCUT2D eigenvalue weighted by Crippen LogP contribution is -2.30. The number of unbranched alkanes of at least 4 members (excludes halogenated alkanes) is 40. The molecule has 0 saturated carbocycles. The molecule has 426 valence electrons. The zero-order chi connectivity index (χ0) is 52.9. The van der Waals surface area contributed by atoms with E-state index in [4.69, 9.17) is 14.2 Å². The molecule has 0 aromatic rings. The number of hydrogen-bond donors (Lipinski definition) is 0. The van der Waals surface area contributed by atoms with Gasteiger partial charge in [0.1, 0.15) is 13.2 Å². The first-order valence-electron chi connectivity index (χ1n) is 32.1. The summed E-state index contributed by atoms with van der Waals surface area (Å²) in [5, 5.41) is 0. The molecule has 0 heterocycles. The van der Waals surface area contributed by atoms with E-state index in [0.29, 0.717) is 19.3 Å². The monoisotopic (exact) mass is 1020 g/mol. The van der Waals surface area contributed by atoms with Crippen LogP contribution < -0.4 is 0 Å². The number of carbonyl (C=O) groups excluding carboxylic acids is 3. The maximum atomic E-state index is 12.9. The van der Waals surface area contributed by atoms with Gasteiger partial charge in [-0.1, -0.05) is 294 Å². The van der Waals surface area contributed by atoms with E-state index in [1.807, 2.05) is 0 Å². The van der Waals surface area contributed by atoms with Crippen molar-refractivity contribution in [3.63, 3.8) is 0 Å². The molecule has 0 spiro atoms. The fourth-order valence-electron chi connectivity index (χ4n) is 9.43. The molecule has 6 nitrogen and oxygen atoms in total. The van der Waals surface area contributed by atoms with Crippen LogP contribution in [0.4, 0.5) is 0 Å². The Morgan fingerprint density at radius 2 is 0.507 bits per heavy atom. The van der Waals surface area contributed by atoms with Crippen LogP contribution in [-0.4, -0.2) is 37.2 Å². The van der Waals surface area contributed by atoms with Crippen LogP contribution in [0, 0.1) is 0 Å². The third-order valence-corrected chi connectivity index (χ3v) is 14.3. The highest BCUT2D eigenvalue weighted by atomic mass is 16.6. The Bertz CT molecular complexity index is 1270. The summed E-state index contributed by atoms with van der Waals surface area (Å²) in [7, 11) is 0. The molecule has 0 aliphatic carbocycles. The molecule has 0 bridgehead atoms. The van der Waals surface area contributed by atoms with E-state index in [9.17, 15) is 14.4 Å². The normalized spacial score (nSPS) is 12.3. The van der Waals surface area contributed by atoms with Crippen LogP contribution in [0.25, 0.3) is 0 Å². The SMILES string of the molecule is CCCC/C=C\CCCCCCCC(=O)OCC(COC(=O)CCCCCCCCCCCCCCCCCCCCCCCCCCC)OC(=O)CCCCCCCC/C=C\C/C=C\C/C=C\CCCCC. The average Bonchev–Trinajstić information content (AvgIpc) is 3.39. The molecule has 1 atom stereocenters. The summed E-state index contributed by atoms with van der Waals surface area (Å²) in [6.45, 7) is 6.61. The van der Waals surface area contributed by atoms with Crippen LogP contribution in [0.2, 0.25) is 0 Å². The highest BCUT2D eigenvalue weighted by Gasteiger charge is 2.19. The number of hydrogen-bond acceptors (Lipinski definition) is 6. The van der Waals surface area contributed by atoms with Gasteiger partial charge in [-0.25, -0.2) is 0 Å². The molecule has 0 radical (unpaired) electrons. The second-order valence-electron chi connectivity index (χ2n) is 21.7. The molecule has 0 aliphatic heterocycles. The van der Waals surface area contributed by atoms with Crippen molar-refractivity contribution < 1.29 is 28.6 Å². The van der Waals surface area contributed by atoms with Gasteiger partial charge in [0.15, 0.2) is 6.10 Å². The summed E-state index contributed by atoms with van der Waals surface area (Å²) >= 11 is 0. The number of allylic oxidation sites excluding steroid dienone is 8. The van der Waals surface area contributed by atoms with Crippen molar-refractivity contribution in [2.45, 2.75) is 348 Å². The Morgan fingerprint density at radius 3 is 0.849 bits per heavy atom. The molecule has 0 fully saturated rings. The van der Waals surface area contributed by atoms with E-state index >= 15 is 0 Å². The van der Waals surface area contributed by atoms with Crippen molar-refractivity contribution in [2.75, 3.05) is 13.2 Å². The molecule has 0 saturated heterocycles. The molecule has 73 heavy (non-hydrogen) atoms. The van der Waals surface area contributed by atoms with Gasteiger partial charge in [0.05, 0.1) is 0 Å². The predicted octanol–water partition coefficient (Wildman–Crippen LogP) is 21.8. The summed E-state index contributed by atoms with van der Waals surface area (Å²) in [5.74, 6) is -0.883. The maximum Gasteiger partial charge on any atom is 0.306 e. The minimum absolute atomic E-state index is 0.0779. The smallest absolute Gasteiger partial charge is 0.306 e. The fraction of sp³-hybridized carbons (Fsp3) is 0.836. The van der Waals surface area contributed by atoms with Gasteiger partial charge in [-0.15, -0.1) is 0 Å². The van der Waals surface area contributed by atoms with Gasteiger partial charge in [-0.3, -0.25) is 14.4 Å². The Balaban J connectivity index is 4.23. The van der Waals surface area contributed by atoms with Gasteiger partial charge in [-0.05, 0) is 77.0 Å². The lowest BCUT2D eigenvalue weighted by Gasteiger charge is -2.18. The molecule has 0 rings (SSSR count). The Labute approximate surface area is 454 Å². The van der Waals surface area contributed by atoms with E-state index in [2.05, 4.69) is 69.4 Å². The second kappa shape index (κ2) is 61.9. The largest absolute Gasteiger partial charge is 0.462 e. The van der Waals surface area contributed by atoms with Crippen molar-refractivity contribution in [3.05, 3.63) is 48.6 Å². The summed E-state index contributed by atoms with van der Waals surface area (Å²) in [6.07, 6.45) is 77.0. The Morgan fingerprint density at radius 1 is 0.274 bits per heavy atom. The van der Waals surface area contributed by atoms with Gasteiger partial charge in [0.2, 0.25) is 0 Å². The lowest BCUT2D eigenvalue weighted by molar-refractivity contribution is -0.167. The van der Waals surface area contributed by atoms with Crippen LogP contribution in [0.5, 0.6) is 0 Å². The molecule has 0 amide bonds. The first kappa shape index (κ1) is 70.4. The lowest BCUT2D eigenvalue weighted by atomic mass is 10.0. The topological polar surface area (TPSA) is 78.9 Å². The van der Waals surface area contributed by atoms with Crippen LogP contribution in [0.3, 0.4) is 0 Å². The van der Waals surface area contributed by atoms with Gasteiger partial charge < -0.3 is 14.2 Å². The second-order valence-corrected chi connectivity index (χ2v) is 21.7. The quantitative estimate of drug-likeness (QED) is 0.0261. The van der Waals surface area contributed by atoms with Crippen LogP contribution in [0.15, 0.2) is 48.6 Å². The molecule has 0 aromatic carbocycles. The van der Waals surface area contributed by atoms with Crippen molar-refractivity contribution >= 4 is 17.9 Å². The van der Waals surface area contributed by atoms with E-state index in [1.165, 1.54) is 212 Å². The Hall–Kier alpha value is -2.63. The molecular weight excluding hydrogens is 901 g/mol. The van der Waals surface area contributed by atoms with E-state index < -0.39 is 6.10 Å². The van der Waals surface area contributed by atoms with Crippen LogP contribution >= 0.6 is 0 Å². The number of ether oxygens (including phenoxy) is 3. The zero-order valence-corrected chi connectivity index (χ0v) is 48.9. The Kier molecular flexibility index (Phi) is 59.7. The fourth-order valence-corrected chi connectivity index (χ4v) is 9.43. The zero-order valence-electron chi connectivity index (χ0n) is 48.9. The van der Waals surface area contributed by atoms with E-state index in [-0.39, 0.29) is 31.1 Å². The molecule has 0 N–H and O–H groups in total. The summed E-state index contributed by atoms with van der Waals surface area (Å²) in [6, 6.07) is 0. The molecule has 0 aromatic heterocycles. The molecule has 6 heteroatoms. The first-order chi connectivity index (χ1) is 36.0. The summed E-state index contributed by atoms with van der Waals surface area (Å²) in [5.41, 5.74) is 0. The number of esters is 3. The van der Waals surface area contributed by atoms with Crippen molar-refractivity contribution in [1.82, 2.24) is 0 Å². The van der Waals surface area contributed by atoms with Gasteiger partial charge >= 0.3 is 17.9 Å². The minimum atomic E-state index is -0.782. The van der Waals surface area contributed by atoms with Gasteiger partial charge in [0.25, 0.3) is 0 Å². The van der Waals surface area contributed by atoms with E-state index in [1.54, 1.807) is 0 Å². The van der Waals surface area contributed by atoms with Crippen molar-refractivity contribution in [1.29, 1.82) is 0 Å². The highest BCUT2D eigenvalue weighted by molar-refractivity contribution is 5.71. The van der Waals surface area contributed by atoms with E-state index in [0.717, 1.165) is 89.9 Å². The first-order valence-corrected chi connectivity index (χ1v) is 32.1. The third-order valence-electron chi connectivity index (χ3n) is 14.3. The molecule has 0 aliphatic rings. The van der Waals surface area contributed by atoms with Crippen molar-refractivity contribution in [2.24, 2.45) is 0 Å². The van der Waals surface area contributed by atoms with Crippen LogP contribution in [-0.2, 0) is 28.6 Å². The minimum Gasteiger partial charge on any atom is -0.462 e. The number of rotatable bonds is 59. The van der Waals surface area contributed by atoms with Gasteiger partial charge in [0, 0.05) is 19.3 Å². The predicted molar refractivity (Wildman–Crippen MR) is 316 cm³/mol. The maximum absolute atomic E-state index is 12.9. The summed E-state index contributed by atoms with van der Waals surface area (Å²) < 4.78 is 16.9. The molecule has 1 unspecified atom stereocenters. The third kappa shape index (κ3) is 60.1. The summed E-state index contributed by atoms with van der Waals surface area (Å²) in [4.78, 5) is 38.2. The molecular formula is C67H122O6. The van der Waals surface area contributed by atoms with Crippen molar-refractivity contribution in [3.8, 4) is 0 Å². The van der Waals surface area contributed by atoms with Crippen LogP contribution in [0.1, 0.15) is 342 Å². The average molecular weight is 1020 g/mol.